The number of nitrogens with zero attached hydrogens (tertiary/aromatic N) is 2. The second-order valence-electron chi connectivity index (χ2n) is 5.07. The number of nitrogens with two attached hydrogens (primary N) is 1. The summed E-state index contributed by atoms with van der Waals surface area (Å²) >= 11 is 1.71. The molecule has 2 aromatic rings. The molecule has 1 heterocycles. The third kappa shape index (κ3) is 3.86. The van der Waals surface area contributed by atoms with Gasteiger partial charge in [0.25, 0.3) is 0 Å². The van der Waals surface area contributed by atoms with E-state index in [4.69, 9.17) is 5.73 Å². The average Bonchev–Trinajstić information content (AvgIpc) is 2.75. The van der Waals surface area contributed by atoms with Crippen molar-refractivity contribution in [2.45, 2.75) is 26.4 Å². The van der Waals surface area contributed by atoms with Gasteiger partial charge in [0.05, 0.1) is 11.2 Å². The summed E-state index contributed by atoms with van der Waals surface area (Å²) < 4.78 is 0. The van der Waals surface area contributed by atoms with Crippen molar-refractivity contribution in [3.8, 4) is 0 Å². The van der Waals surface area contributed by atoms with Crippen molar-refractivity contribution in [2.24, 2.45) is 5.73 Å². The summed E-state index contributed by atoms with van der Waals surface area (Å²) in [6.07, 6.45) is 0. The second kappa shape index (κ2) is 6.28. The minimum Gasteiger partial charge on any atom is -0.323 e. The van der Waals surface area contributed by atoms with Gasteiger partial charge in [-0.2, -0.15) is 0 Å². The maximum atomic E-state index is 6.26. The van der Waals surface area contributed by atoms with E-state index in [1.54, 1.807) is 11.3 Å². The SMILES string of the molecule is Cc1ccc(C(N)CN(C)Cc2scnc2C)cc1. The van der Waals surface area contributed by atoms with E-state index in [0.717, 1.165) is 18.8 Å². The van der Waals surface area contributed by atoms with Gasteiger partial charge in [-0.15, -0.1) is 11.3 Å². The van der Waals surface area contributed by atoms with Crippen molar-refractivity contribution in [2.75, 3.05) is 13.6 Å². The van der Waals surface area contributed by atoms with Gasteiger partial charge in [-0.25, -0.2) is 4.98 Å². The Kier molecular flexibility index (Phi) is 4.69. The summed E-state index contributed by atoms with van der Waals surface area (Å²) in [5.41, 5.74) is 11.7. The first-order valence-corrected chi connectivity index (χ1v) is 7.34. The predicted octanol–water partition coefficient (Wildman–Crippen LogP) is 2.89. The first-order valence-electron chi connectivity index (χ1n) is 6.46. The minimum absolute atomic E-state index is 0.0545. The van der Waals surface area contributed by atoms with Gasteiger partial charge in [0.2, 0.25) is 0 Å². The summed E-state index contributed by atoms with van der Waals surface area (Å²) in [6, 6.07) is 8.52. The molecule has 1 aromatic carbocycles. The highest BCUT2D eigenvalue weighted by Gasteiger charge is 2.11. The highest BCUT2D eigenvalue weighted by molar-refractivity contribution is 7.09. The van der Waals surface area contributed by atoms with E-state index < -0.39 is 0 Å². The maximum absolute atomic E-state index is 6.26. The Morgan fingerprint density at radius 3 is 2.53 bits per heavy atom. The third-order valence-corrected chi connectivity index (χ3v) is 4.19. The van der Waals surface area contributed by atoms with Crippen molar-refractivity contribution in [3.63, 3.8) is 0 Å². The monoisotopic (exact) mass is 275 g/mol. The van der Waals surface area contributed by atoms with Gasteiger partial charge in [0, 0.05) is 24.0 Å². The van der Waals surface area contributed by atoms with Crippen LogP contribution in [0.5, 0.6) is 0 Å². The van der Waals surface area contributed by atoms with Crippen LogP contribution < -0.4 is 5.73 Å². The molecular formula is C15H21N3S. The maximum Gasteiger partial charge on any atom is 0.0798 e. The van der Waals surface area contributed by atoms with Gasteiger partial charge >= 0.3 is 0 Å². The number of benzene rings is 1. The summed E-state index contributed by atoms with van der Waals surface area (Å²) in [5.74, 6) is 0. The number of hydrogen-bond acceptors (Lipinski definition) is 4. The molecule has 19 heavy (non-hydrogen) atoms. The van der Waals surface area contributed by atoms with Crippen LogP contribution in [0.4, 0.5) is 0 Å². The first kappa shape index (κ1) is 14.2. The van der Waals surface area contributed by atoms with Gasteiger partial charge in [0.15, 0.2) is 0 Å². The summed E-state index contributed by atoms with van der Waals surface area (Å²) in [4.78, 5) is 7.85. The van der Waals surface area contributed by atoms with E-state index in [9.17, 15) is 0 Å². The largest absolute Gasteiger partial charge is 0.323 e. The molecule has 0 aliphatic carbocycles. The van der Waals surface area contributed by atoms with E-state index >= 15 is 0 Å². The first-order chi connectivity index (χ1) is 9.06. The molecule has 2 N–H and O–H groups in total. The molecule has 3 nitrogen and oxygen atoms in total. The molecular weight excluding hydrogens is 254 g/mol. The standard InChI is InChI=1S/C15H21N3S/c1-11-4-6-13(7-5-11)14(16)8-18(3)9-15-12(2)17-10-19-15/h4-7,10,14H,8-9,16H2,1-3H3. The van der Waals surface area contributed by atoms with Crippen molar-refractivity contribution >= 4 is 11.3 Å². The quantitative estimate of drug-likeness (QED) is 0.912. The Morgan fingerprint density at radius 2 is 1.95 bits per heavy atom. The van der Waals surface area contributed by atoms with E-state index in [-0.39, 0.29) is 6.04 Å². The van der Waals surface area contributed by atoms with Crippen LogP contribution >= 0.6 is 11.3 Å². The van der Waals surface area contributed by atoms with Crippen LogP contribution in [0.2, 0.25) is 0 Å². The third-order valence-electron chi connectivity index (χ3n) is 3.27. The summed E-state index contributed by atoms with van der Waals surface area (Å²) in [7, 11) is 2.10. The molecule has 0 spiro atoms. The van der Waals surface area contributed by atoms with E-state index in [1.807, 2.05) is 5.51 Å². The minimum atomic E-state index is 0.0545. The van der Waals surface area contributed by atoms with Crippen molar-refractivity contribution in [1.29, 1.82) is 0 Å². The van der Waals surface area contributed by atoms with Gasteiger partial charge < -0.3 is 5.73 Å². The van der Waals surface area contributed by atoms with Gasteiger partial charge in [-0.05, 0) is 26.5 Å². The lowest BCUT2D eigenvalue weighted by molar-refractivity contribution is 0.307. The molecule has 1 atom stereocenters. The molecule has 0 saturated heterocycles. The molecule has 0 bridgehead atoms. The lowest BCUT2D eigenvalue weighted by Gasteiger charge is -2.21. The summed E-state index contributed by atoms with van der Waals surface area (Å²) in [5, 5.41) is 0. The van der Waals surface area contributed by atoms with Gasteiger partial charge in [-0.1, -0.05) is 29.8 Å². The van der Waals surface area contributed by atoms with E-state index in [2.05, 4.69) is 55.0 Å². The molecule has 1 unspecified atom stereocenters. The Bertz CT molecular complexity index is 518. The van der Waals surface area contributed by atoms with E-state index in [1.165, 1.54) is 16.0 Å². The fourth-order valence-corrected chi connectivity index (χ4v) is 2.90. The van der Waals surface area contributed by atoms with Crippen LogP contribution in [0.1, 0.15) is 27.7 Å². The molecule has 0 aliphatic rings. The van der Waals surface area contributed by atoms with Crippen LogP contribution in [0.25, 0.3) is 0 Å². The highest BCUT2D eigenvalue weighted by Crippen LogP contribution is 2.17. The molecule has 4 heteroatoms. The number of likely N-dealkylation sites (N-methyl/N-ethyl adjacent to an activating group) is 1. The number of rotatable bonds is 5. The molecule has 0 radical (unpaired) electrons. The van der Waals surface area contributed by atoms with Gasteiger partial charge in [-0.3, -0.25) is 4.90 Å². The fourth-order valence-electron chi connectivity index (χ4n) is 2.04. The van der Waals surface area contributed by atoms with Crippen LogP contribution in [0.15, 0.2) is 29.8 Å². The molecule has 0 fully saturated rings. The zero-order chi connectivity index (χ0) is 13.8. The highest BCUT2D eigenvalue weighted by atomic mass is 32.1. The predicted molar refractivity (Wildman–Crippen MR) is 81.3 cm³/mol. The lowest BCUT2D eigenvalue weighted by Crippen LogP contribution is -2.28. The number of aromatic nitrogens is 1. The van der Waals surface area contributed by atoms with Crippen LogP contribution in [-0.4, -0.2) is 23.5 Å². The fraction of sp³-hybridized carbons (Fsp3) is 0.400. The van der Waals surface area contributed by atoms with Crippen LogP contribution in [-0.2, 0) is 6.54 Å². The van der Waals surface area contributed by atoms with Crippen molar-refractivity contribution in [3.05, 3.63) is 51.5 Å². The Hall–Kier alpha value is -1.23. The zero-order valence-electron chi connectivity index (χ0n) is 11.8. The average molecular weight is 275 g/mol. The molecule has 0 amide bonds. The van der Waals surface area contributed by atoms with Crippen LogP contribution in [0, 0.1) is 13.8 Å². The molecule has 1 aromatic heterocycles. The summed E-state index contributed by atoms with van der Waals surface area (Å²) in [6.45, 7) is 5.91. The van der Waals surface area contributed by atoms with Crippen molar-refractivity contribution in [1.82, 2.24) is 9.88 Å². The van der Waals surface area contributed by atoms with Crippen LogP contribution in [0.3, 0.4) is 0 Å². The Balaban J connectivity index is 1.93. The smallest absolute Gasteiger partial charge is 0.0798 e. The zero-order valence-corrected chi connectivity index (χ0v) is 12.6. The lowest BCUT2D eigenvalue weighted by atomic mass is 10.1. The second-order valence-corrected chi connectivity index (χ2v) is 6.01. The van der Waals surface area contributed by atoms with Crippen molar-refractivity contribution < 1.29 is 0 Å². The Morgan fingerprint density at radius 1 is 1.26 bits per heavy atom. The molecule has 0 saturated carbocycles. The van der Waals surface area contributed by atoms with Gasteiger partial charge in [0.1, 0.15) is 0 Å². The topological polar surface area (TPSA) is 42.1 Å². The number of hydrogen-bond donors (Lipinski definition) is 1. The Labute approximate surface area is 119 Å². The molecule has 2 rings (SSSR count). The number of aryl methyl sites for hydroxylation is 2. The molecule has 0 aliphatic heterocycles. The van der Waals surface area contributed by atoms with E-state index in [0.29, 0.717) is 0 Å². The molecule has 102 valence electrons. The normalized spacial score (nSPS) is 12.9. The number of thiazole rings is 1.